The second-order valence-corrected chi connectivity index (χ2v) is 8.93. The molecule has 3 aromatic rings. The van der Waals surface area contributed by atoms with Gasteiger partial charge in [-0.2, -0.15) is 0 Å². The molecule has 2 heterocycles. The first-order valence-corrected chi connectivity index (χ1v) is 11.5. The van der Waals surface area contributed by atoms with Gasteiger partial charge in [0.25, 0.3) is 5.56 Å². The summed E-state index contributed by atoms with van der Waals surface area (Å²) in [6.07, 6.45) is 5.10. The number of nitrogens with zero attached hydrogens (tertiary/aromatic N) is 2. The van der Waals surface area contributed by atoms with Crippen molar-refractivity contribution in [2.45, 2.75) is 44.2 Å². The predicted octanol–water partition coefficient (Wildman–Crippen LogP) is 3.94. The molecule has 0 saturated heterocycles. The van der Waals surface area contributed by atoms with Gasteiger partial charge >= 0.3 is 0 Å². The Kier molecular flexibility index (Phi) is 5.82. The number of amides is 1. The monoisotopic (exact) mass is 413 g/mol. The van der Waals surface area contributed by atoms with Gasteiger partial charge in [-0.25, -0.2) is 4.98 Å². The summed E-state index contributed by atoms with van der Waals surface area (Å²) in [5, 5.41) is 4.26. The highest BCUT2D eigenvalue weighted by molar-refractivity contribution is 7.99. The Bertz CT molecular complexity index is 1060. The van der Waals surface area contributed by atoms with Crippen LogP contribution in [0.3, 0.4) is 0 Å². The highest BCUT2D eigenvalue weighted by atomic mass is 32.2. The van der Waals surface area contributed by atoms with Gasteiger partial charge in [0.15, 0.2) is 5.16 Å². The molecular formula is C21H23N3O2S2. The van der Waals surface area contributed by atoms with E-state index in [0.29, 0.717) is 11.7 Å². The maximum Gasteiger partial charge on any atom is 0.267 e. The van der Waals surface area contributed by atoms with E-state index in [9.17, 15) is 9.59 Å². The fourth-order valence-electron chi connectivity index (χ4n) is 3.51. The molecule has 0 spiro atoms. The van der Waals surface area contributed by atoms with Crippen molar-refractivity contribution >= 4 is 39.2 Å². The molecule has 2 aromatic heterocycles. The van der Waals surface area contributed by atoms with Crippen molar-refractivity contribution in [1.29, 1.82) is 0 Å². The van der Waals surface area contributed by atoms with Crippen molar-refractivity contribution in [3.05, 3.63) is 51.1 Å². The van der Waals surface area contributed by atoms with E-state index in [-0.39, 0.29) is 17.2 Å². The van der Waals surface area contributed by atoms with E-state index >= 15 is 0 Å². The summed E-state index contributed by atoms with van der Waals surface area (Å²) in [6.45, 7) is 2.78. The van der Waals surface area contributed by atoms with Crippen molar-refractivity contribution in [2.75, 3.05) is 12.3 Å². The fourth-order valence-corrected chi connectivity index (χ4v) is 5.66. The second kappa shape index (κ2) is 8.49. The highest BCUT2D eigenvalue weighted by Gasteiger charge is 2.24. The number of thiophene rings is 1. The van der Waals surface area contributed by atoms with Gasteiger partial charge in [0.05, 0.1) is 16.8 Å². The molecule has 0 bridgehead atoms. The zero-order valence-corrected chi connectivity index (χ0v) is 17.5. The fraction of sp³-hybridized carbons (Fsp3) is 0.381. The summed E-state index contributed by atoms with van der Waals surface area (Å²) in [5.41, 5.74) is 1.94. The lowest BCUT2D eigenvalue weighted by Gasteiger charge is -2.12. The van der Waals surface area contributed by atoms with Crippen LogP contribution in [0.5, 0.6) is 0 Å². The molecule has 0 unspecified atom stereocenters. The number of hydrogen-bond donors (Lipinski definition) is 1. The van der Waals surface area contributed by atoms with E-state index in [1.165, 1.54) is 22.2 Å². The zero-order valence-electron chi connectivity index (χ0n) is 15.9. The lowest BCUT2D eigenvalue weighted by Crippen LogP contribution is -2.27. The molecule has 0 fully saturated rings. The third-order valence-electron chi connectivity index (χ3n) is 4.91. The van der Waals surface area contributed by atoms with Crippen molar-refractivity contribution in [2.24, 2.45) is 0 Å². The summed E-state index contributed by atoms with van der Waals surface area (Å²) in [7, 11) is 0. The Labute approximate surface area is 172 Å². The topological polar surface area (TPSA) is 64.0 Å². The van der Waals surface area contributed by atoms with Crippen LogP contribution in [0.1, 0.15) is 36.6 Å². The molecule has 1 aliphatic rings. The number of benzene rings is 1. The number of hydrogen-bond acceptors (Lipinski definition) is 5. The maximum absolute atomic E-state index is 13.4. The quantitative estimate of drug-likeness (QED) is 0.362. The molecule has 0 atom stereocenters. The van der Waals surface area contributed by atoms with Crippen molar-refractivity contribution in [1.82, 2.24) is 14.9 Å². The highest BCUT2D eigenvalue weighted by Crippen LogP contribution is 2.36. The van der Waals surface area contributed by atoms with Crippen LogP contribution in [0.25, 0.3) is 15.9 Å². The predicted molar refractivity (Wildman–Crippen MR) is 116 cm³/mol. The van der Waals surface area contributed by atoms with E-state index in [1.807, 2.05) is 30.3 Å². The normalized spacial score (nSPS) is 13.0. The van der Waals surface area contributed by atoms with E-state index in [0.717, 1.165) is 48.0 Å². The average Bonchev–Trinajstić information content (AvgIpc) is 3.28. The number of para-hydroxylation sites is 1. The Hall–Kier alpha value is -2.12. The van der Waals surface area contributed by atoms with Gasteiger partial charge in [-0.15, -0.1) is 11.3 Å². The smallest absolute Gasteiger partial charge is 0.267 e. The number of thioether (sulfide) groups is 1. The van der Waals surface area contributed by atoms with Gasteiger partial charge in [-0.3, -0.25) is 14.2 Å². The van der Waals surface area contributed by atoms with Crippen molar-refractivity contribution in [3.8, 4) is 5.69 Å². The summed E-state index contributed by atoms with van der Waals surface area (Å²) >= 11 is 2.96. The SMILES string of the molecule is CCCCNC(=O)CSc1nc2sc3c(c2c(=O)n1-c1ccccc1)CCC3. The molecule has 0 aliphatic heterocycles. The molecule has 146 valence electrons. The van der Waals surface area contributed by atoms with Gasteiger partial charge < -0.3 is 5.32 Å². The molecule has 4 rings (SSSR count). The number of aromatic nitrogens is 2. The van der Waals surface area contributed by atoms with Crippen LogP contribution in [0.2, 0.25) is 0 Å². The zero-order chi connectivity index (χ0) is 19.5. The Morgan fingerprint density at radius 2 is 2.11 bits per heavy atom. The van der Waals surface area contributed by atoms with Crippen LogP contribution in [-0.2, 0) is 17.6 Å². The molecule has 0 radical (unpaired) electrons. The van der Waals surface area contributed by atoms with E-state index in [2.05, 4.69) is 12.2 Å². The molecule has 5 nitrogen and oxygen atoms in total. The first-order valence-electron chi connectivity index (χ1n) is 9.71. The summed E-state index contributed by atoms with van der Waals surface area (Å²) in [6, 6.07) is 9.57. The molecule has 1 N–H and O–H groups in total. The van der Waals surface area contributed by atoms with Crippen molar-refractivity contribution < 1.29 is 4.79 Å². The van der Waals surface area contributed by atoms with Gasteiger partial charge in [-0.05, 0) is 43.4 Å². The summed E-state index contributed by atoms with van der Waals surface area (Å²) in [4.78, 5) is 32.5. The van der Waals surface area contributed by atoms with Gasteiger partial charge in [0.1, 0.15) is 4.83 Å². The molecular weight excluding hydrogens is 390 g/mol. The number of fused-ring (bicyclic) bond motifs is 3. The van der Waals surface area contributed by atoms with Crippen LogP contribution in [0.4, 0.5) is 0 Å². The van der Waals surface area contributed by atoms with E-state index in [4.69, 9.17) is 4.98 Å². The number of unbranched alkanes of at least 4 members (excludes halogenated alkanes) is 1. The molecule has 7 heteroatoms. The van der Waals surface area contributed by atoms with Crippen LogP contribution < -0.4 is 10.9 Å². The minimum Gasteiger partial charge on any atom is -0.355 e. The molecule has 0 saturated carbocycles. The van der Waals surface area contributed by atoms with Crippen molar-refractivity contribution in [3.63, 3.8) is 0 Å². The third kappa shape index (κ3) is 3.73. The first kappa shape index (κ1) is 19.2. The third-order valence-corrected chi connectivity index (χ3v) is 7.03. The van der Waals surface area contributed by atoms with Gasteiger partial charge in [0.2, 0.25) is 5.91 Å². The standard InChI is InChI=1S/C21H23N3O2S2/c1-2-3-12-22-17(25)13-27-21-23-19-18(15-10-7-11-16(15)28-19)20(26)24(21)14-8-5-4-6-9-14/h4-6,8-9H,2-3,7,10-13H2,1H3,(H,22,25). The minimum atomic E-state index is -0.0268. The maximum atomic E-state index is 13.4. The number of rotatable bonds is 7. The second-order valence-electron chi connectivity index (χ2n) is 6.90. The molecule has 1 amide bonds. The number of carbonyl (C=O) groups is 1. The Balaban J connectivity index is 1.72. The van der Waals surface area contributed by atoms with E-state index in [1.54, 1.807) is 15.9 Å². The Morgan fingerprint density at radius 1 is 1.29 bits per heavy atom. The Morgan fingerprint density at radius 3 is 2.89 bits per heavy atom. The number of nitrogens with one attached hydrogen (secondary N) is 1. The van der Waals surface area contributed by atoms with Gasteiger partial charge in [0, 0.05) is 11.4 Å². The van der Waals surface area contributed by atoms with Crippen LogP contribution >= 0.6 is 23.1 Å². The lowest BCUT2D eigenvalue weighted by molar-refractivity contribution is -0.118. The summed E-state index contributed by atoms with van der Waals surface area (Å²) < 4.78 is 1.66. The molecule has 1 aromatic carbocycles. The number of carbonyl (C=O) groups excluding carboxylic acids is 1. The first-order chi connectivity index (χ1) is 13.7. The minimum absolute atomic E-state index is 0.0236. The van der Waals surface area contributed by atoms with Crippen LogP contribution in [0, 0.1) is 0 Å². The largest absolute Gasteiger partial charge is 0.355 e. The number of aryl methyl sites for hydroxylation is 2. The lowest BCUT2D eigenvalue weighted by atomic mass is 10.2. The van der Waals surface area contributed by atoms with E-state index < -0.39 is 0 Å². The van der Waals surface area contributed by atoms with Gasteiger partial charge in [-0.1, -0.05) is 43.3 Å². The summed E-state index contributed by atoms with van der Waals surface area (Å²) in [5.74, 6) is 0.223. The van der Waals surface area contributed by atoms with Crippen LogP contribution in [-0.4, -0.2) is 27.8 Å². The molecule has 1 aliphatic carbocycles. The molecule has 28 heavy (non-hydrogen) atoms. The van der Waals surface area contributed by atoms with Crippen LogP contribution in [0.15, 0.2) is 40.3 Å². The average molecular weight is 414 g/mol.